The normalized spacial score (nSPS) is 10.5. The zero-order valence-electron chi connectivity index (χ0n) is 6.10. The van der Waals surface area contributed by atoms with Crippen LogP contribution in [0.4, 0.5) is 13.2 Å². The second-order valence-corrected chi connectivity index (χ2v) is 2.52. The lowest BCUT2D eigenvalue weighted by Crippen LogP contribution is -1.98. The Balaban J connectivity index is 3.31. The van der Waals surface area contributed by atoms with Crippen molar-refractivity contribution in [1.82, 2.24) is 4.98 Å². The minimum atomic E-state index is -2.99. The monoisotopic (exact) mass is 209 g/mol. The van der Waals surface area contributed by atoms with Gasteiger partial charge in [-0.1, -0.05) is 11.6 Å². The van der Waals surface area contributed by atoms with Gasteiger partial charge in [0, 0.05) is 6.20 Å². The van der Waals surface area contributed by atoms with E-state index in [2.05, 4.69) is 4.98 Å². The van der Waals surface area contributed by atoms with Crippen LogP contribution >= 0.6 is 11.6 Å². The first-order valence-corrected chi connectivity index (χ1v) is 3.53. The van der Waals surface area contributed by atoms with Gasteiger partial charge in [0.15, 0.2) is 12.1 Å². The topological polar surface area (TPSA) is 30.0 Å². The Bertz CT molecular complexity index is 343. The summed E-state index contributed by atoms with van der Waals surface area (Å²) in [7, 11) is 0. The molecule has 0 amide bonds. The van der Waals surface area contributed by atoms with Crippen LogP contribution in [-0.2, 0) is 0 Å². The Morgan fingerprint density at radius 2 is 2.15 bits per heavy atom. The highest BCUT2D eigenvalue weighted by molar-refractivity contribution is 6.32. The summed E-state index contributed by atoms with van der Waals surface area (Å²) in [5.41, 5.74) is -1.29. The average molecular weight is 210 g/mol. The smallest absolute Gasteiger partial charge is 0.268 e. The van der Waals surface area contributed by atoms with E-state index in [0.717, 1.165) is 0 Å². The van der Waals surface area contributed by atoms with Gasteiger partial charge in [0.05, 0.1) is 5.56 Å². The average Bonchev–Trinajstić information content (AvgIpc) is 2.09. The van der Waals surface area contributed by atoms with Gasteiger partial charge in [-0.3, -0.25) is 9.78 Å². The highest BCUT2D eigenvalue weighted by Gasteiger charge is 2.18. The van der Waals surface area contributed by atoms with Gasteiger partial charge in [-0.25, -0.2) is 13.2 Å². The van der Waals surface area contributed by atoms with Gasteiger partial charge >= 0.3 is 0 Å². The quantitative estimate of drug-likeness (QED) is 0.701. The Morgan fingerprint density at radius 3 is 2.62 bits per heavy atom. The molecule has 0 aromatic carbocycles. The van der Waals surface area contributed by atoms with Crippen molar-refractivity contribution < 1.29 is 18.0 Å². The van der Waals surface area contributed by atoms with Crippen LogP contribution < -0.4 is 0 Å². The number of aromatic nitrogens is 1. The number of aldehydes is 1. The molecule has 1 aromatic rings. The van der Waals surface area contributed by atoms with Crippen molar-refractivity contribution in [1.29, 1.82) is 0 Å². The molecule has 0 spiro atoms. The molecule has 1 rings (SSSR count). The first-order valence-electron chi connectivity index (χ1n) is 3.15. The van der Waals surface area contributed by atoms with Crippen molar-refractivity contribution in [2.24, 2.45) is 0 Å². The number of rotatable bonds is 2. The fourth-order valence-corrected chi connectivity index (χ4v) is 0.928. The zero-order valence-corrected chi connectivity index (χ0v) is 6.86. The number of carbonyl (C=O) groups is 1. The second kappa shape index (κ2) is 3.74. The summed E-state index contributed by atoms with van der Waals surface area (Å²) in [6.07, 6.45) is -2.21. The number of hydrogen-bond acceptors (Lipinski definition) is 2. The van der Waals surface area contributed by atoms with Crippen LogP contribution in [0.1, 0.15) is 22.5 Å². The van der Waals surface area contributed by atoms with Crippen molar-refractivity contribution in [3.05, 3.63) is 28.3 Å². The molecule has 0 aliphatic heterocycles. The Kier molecular flexibility index (Phi) is 2.87. The number of pyridine rings is 1. The van der Waals surface area contributed by atoms with Crippen molar-refractivity contribution in [3.63, 3.8) is 0 Å². The van der Waals surface area contributed by atoms with Gasteiger partial charge in [0.2, 0.25) is 0 Å². The van der Waals surface area contributed by atoms with Crippen LogP contribution in [0.3, 0.4) is 0 Å². The van der Waals surface area contributed by atoms with E-state index >= 15 is 0 Å². The zero-order chi connectivity index (χ0) is 10.0. The third-order valence-electron chi connectivity index (χ3n) is 1.36. The van der Waals surface area contributed by atoms with Crippen LogP contribution in [0.15, 0.2) is 6.20 Å². The van der Waals surface area contributed by atoms with Crippen LogP contribution in [-0.4, -0.2) is 11.3 Å². The number of nitrogens with zero attached hydrogens (tertiary/aromatic N) is 1. The fourth-order valence-electron chi connectivity index (χ4n) is 0.726. The van der Waals surface area contributed by atoms with Gasteiger partial charge in [0.25, 0.3) is 6.43 Å². The van der Waals surface area contributed by atoms with Crippen LogP contribution in [0.2, 0.25) is 5.02 Å². The molecule has 2 nitrogen and oxygen atoms in total. The van der Waals surface area contributed by atoms with E-state index in [1.807, 2.05) is 0 Å². The number of alkyl halides is 2. The molecule has 0 saturated heterocycles. The molecule has 13 heavy (non-hydrogen) atoms. The maximum Gasteiger partial charge on any atom is 0.268 e. The molecule has 1 aromatic heterocycles. The summed E-state index contributed by atoms with van der Waals surface area (Å²) < 4.78 is 36.9. The van der Waals surface area contributed by atoms with E-state index < -0.39 is 22.8 Å². The highest BCUT2D eigenvalue weighted by atomic mass is 35.5. The molecule has 6 heteroatoms. The van der Waals surface area contributed by atoms with E-state index in [0.29, 0.717) is 6.20 Å². The van der Waals surface area contributed by atoms with E-state index in [9.17, 15) is 18.0 Å². The summed E-state index contributed by atoms with van der Waals surface area (Å²) in [4.78, 5) is 13.4. The third-order valence-corrected chi connectivity index (χ3v) is 1.72. The molecule has 70 valence electrons. The van der Waals surface area contributed by atoms with Crippen LogP contribution in [0.25, 0.3) is 0 Å². The first kappa shape index (κ1) is 9.98. The predicted molar refractivity (Wildman–Crippen MR) is 39.5 cm³/mol. The molecule has 0 atom stereocenters. The van der Waals surface area contributed by atoms with Gasteiger partial charge in [-0.05, 0) is 0 Å². The molecule has 1 heterocycles. The number of carbonyl (C=O) groups excluding carboxylic acids is 1. The Morgan fingerprint density at radius 1 is 1.54 bits per heavy atom. The van der Waals surface area contributed by atoms with Crippen molar-refractivity contribution in [2.75, 3.05) is 0 Å². The summed E-state index contributed by atoms with van der Waals surface area (Å²) in [5, 5.41) is -0.673. The SMILES string of the molecule is O=Cc1ncc(C(F)F)c(F)c1Cl. The lowest BCUT2D eigenvalue weighted by molar-refractivity contribution is 0.111. The largest absolute Gasteiger partial charge is 0.296 e. The molecule has 0 fully saturated rings. The predicted octanol–water partition coefficient (Wildman–Crippen LogP) is 2.62. The van der Waals surface area contributed by atoms with E-state index in [4.69, 9.17) is 11.6 Å². The minimum Gasteiger partial charge on any atom is -0.296 e. The molecule has 0 N–H and O–H groups in total. The van der Waals surface area contributed by atoms with Gasteiger partial charge in [-0.15, -0.1) is 0 Å². The second-order valence-electron chi connectivity index (χ2n) is 2.15. The van der Waals surface area contributed by atoms with Crippen molar-refractivity contribution >= 4 is 17.9 Å². The standard InChI is InChI=1S/C7H3ClF3NO/c8-5-4(2-13)12-1-3(6(5)9)7(10)11/h1-2,7H. The molecule has 0 saturated carbocycles. The van der Waals surface area contributed by atoms with E-state index in [1.54, 1.807) is 0 Å². The van der Waals surface area contributed by atoms with Gasteiger partial charge in [-0.2, -0.15) is 0 Å². The summed E-state index contributed by atoms with van der Waals surface area (Å²) in [6.45, 7) is 0. The van der Waals surface area contributed by atoms with Gasteiger partial charge in [0.1, 0.15) is 10.7 Å². The minimum absolute atomic E-state index is 0.195. The Labute approximate surface area is 76.3 Å². The van der Waals surface area contributed by atoms with Crippen molar-refractivity contribution in [3.8, 4) is 0 Å². The molecular formula is C7H3ClF3NO. The first-order chi connectivity index (χ1) is 6.07. The fraction of sp³-hybridized carbons (Fsp3) is 0.143. The lowest BCUT2D eigenvalue weighted by Gasteiger charge is -2.03. The van der Waals surface area contributed by atoms with Crippen LogP contribution in [0, 0.1) is 5.82 Å². The molecule has 0 radical (unpaired) electrons. The van der Waals surface area contributed by atoms with Crippen molar-refractivity contribution in [2.45, 2.75) is 6.43 Å². The third kappa shape index (κ3) is 1.80. The van der Waals surface area contributed by atoms with Crippen LogP contribution in [0.5, 0.6) is 0 Å². The summed E-state index contributed by atoms with van der Waals surface area (Å²) in [6, 6.07) is 0. The molecular weight excluding hydrogens is 207 g/mol. The number of hydrogen-bond donors (Lipinski definition) is 0. The maximum atomic E-state index is 12.9. The molecule has 0 bridgehead atoms. The summed E-state index contributed by atoms with van der Waals surface area (Å²) >= 11 is 5.24. The molecule has 0 aliphatic carbocycles. The van der Waals surface area contributed by atoms with Gasteiger partial charge < -0.3 is 0 Å². The summed E-state index contributed by atoms with van der Waals surface area (Å²) in [5.74, 6) is -1.30. The van der Waals surface area contributed by atoms with E-state index in [1.165, 1.54) is 0 Å². The molecule has 0 aliphatic rings. The maximum absolute atomic E-state index is 12.9. The van der Waals surface area contributed by atoms with E-state index in [-0.39, 0.29) is 12.0 Å². The molecule has 0 unspecified atom stereocenters. The Hall–Kier alpha value is -1.10. The highest BCUT2D eigenvalue weighted by Crippen LogP contribution is 2.27. The lowest BCUT2D eigenvalue weighted by atomic mass is 10.2. The number of halogens is 4.